The number of likely N-dealkylation sites (tertiary alicyclic amines) is 1. The summed E-state index contributed by atoms with van der Waals surface area (Å²) in [6.45, 7) is 3.56. The van der Waals surface area contributed by atoms with E-state index in [1.807, 2.05) is 45.4 Å². The van der Waals surface area contributed by atoms with Crippen LogP contribution >= 0.6 is 0 Å². The summed E-state index contributed by atoms with van der Waals surface area (Å²) in [4.78, 5) is 33.3. The number of likely N-dealkylation sites (N-methyl/N-ethyl adjacent to an activating group) is 1. The van der Waals surface area contributed by atoms with Gasteiger partial charge in [0, 0.05) is 55.6 Å². The van der Waals surface area contributed by atoms with Gasteiger partial charge in [0.1, 0.15) is 0 Å². The third-order valence-electron chi connectivity index (χ3n) is 7.90. The summed E-state index contributed by atoms with van der Waals surface area (Å²) < 4.78 is 0. The molecule has 1 aliphatic heterocycles. The van der Waals surface area contributed by atoms with Crippen LogP contribution in [0.1, 0.15) is 48.8 Å². The van der Waals surface area contributed by atoms with Gasteiger partial charge in [0.15, 0.2) is 0 Å². The van der Waals surface area contributed by atoms with E-state index in [-0.39, 0.29) is 29.1 Å². The van der Waals surface area contributed by atoms with Crippen molar-refractivity contribution >= 4 is 22.7 Å². The molecule has 0 unspecified atom stereocenters. The number of amides is 2. The summed E-state index contributed by atoms with van der Waals surface area (Å²) in [7, 11) is 3.68. The smallest absolute Gasteiger partial charge is 0.229 e. The van der Waals surface area contributed by atoms with Crippen molar-refractivity contribution in [3.8, 4) is 0 Å². The Balaban J connectivity index is 1.28. The molecule has 0 radical (unpaired) electrons. The van der Waals surface area contributed by atoms with Crippen molar-refractivity contribution in [3.05, 3.63) is 71.4 Å². The summed E-state index contributed by atoms with van der Waals surface area (Å²) in [6.07, 6.45) is 5.49. The molecule has 33 heavy (non-hydrogen) atoms. The third kappa shape index (κ3) is 3.73. The minimum atomic E-state index is -0.0701. The fraction of sp³-hybridized carbons (Fsp3) is 0.429. The van der Waals surface area contributed by atoms with Crippen molar-refractivity contribution in [2.24, 2.45) is 5.92 Å². The van der Waals surface area contributed by atoms with Gasteiger partial charge in [-0.2, -0.15) is 0 Å². The van der Waals surface area contributed by atoms with E-state index in [0.717, 1.165) is 44.3 Å². The van der Waals surface area contributed by atoms with Crippen molar-refractivity contribution in [2.75, 3.05) is 27.2 Å². The number of hydrogen-bond acceptors (Lipinski definition) is 2. The number of rotatable bonds is 4. The Morgan fingerprint density at radius 1 is 1.09 bits per heavy atom. The Hall–Kier alpha value is -3.08. The molecule has 1 aliphatic carbocycles. The Bertz CT molecular complexity index is 1190. The Kier molecular flexibility index (Phi) is 5.51. The van der Waals surface area contributed by atoms with Gasteiger partial charge in [-0.1, -0.05) is 49.4 Å². The number of nitrogens with zero attached hydrogens (tertiary/aromatic N) is 2. The van der Waals surface area contributed by atoms with Gasteiger partial charge in [0.25, 0.3) is 0 Å². The Labute approximate surface area is 195 Å². The number of hydrogen-bond donors (Lipinski definition) is 1. The van der Waals surface area contributed by atoms with Crippen LogP contribution in [-0.4, -0.2) is 53.8 Å². The number of carbonyl (C=O) groups excluding carboxylic acids is 2. The summed E-state index contributed by atoms with van der Waals surface area (Å²) >= 11 is 0. The van der Waals surface area contributed by atoms with Gasteiger partial charge in [0.05, 0.1) is 5.92 Å². The molecule has 0 saturated carbocycles. The normalized spacial score (nSPS) is 20.1. The minimum Gasteiger partial charge on any atom is -0.361 e. The van der Waals surface area contributed by atoms with E-state index in [9.17, 15) is 9.59 Å². The van der Waals surface area contributed by atoms with Gasteiger partial charge >= 0.3 is 0 Å². The van der Waals surface area contributed by atoms with Crippen molar-refractivity contribution in [1.82, 2.24) is 14.8 Å². The van der Waals surface area contributed by atoms with E-state index in [0.29, 0.717) is 0 Å². The number of carbonyl (C=O) groups is 2. The predicted octanol–water partition coefficient (Wildman–Crippen LogP) is 4.48. The number of H-pyrrole nitrogens is 1. The number of para-hydroxylation sites is 1. The summed E-state index contributed by atoms with van der Waals surface area (Å²) in [5, 5.41) is 1.20. The van der Waals surface area contributed by atoms with E-state index in [1.54, 1.807) is 4.90 Å². The molecule has 1 saturated heterocycles. The highest BCUT2D eigenvalue weighted by Gasteiger charge is 2.48. The molecule has 2 atom stereocenters. The Morgan fingerprint density at radius 3 is 2.55 bits per heavy atom. The van der Waals surface area contributed by atoms with Crippen LogP contribution in [0.5, 0.6) is 0 Å². The van der Waals surface area contributed by atoms with Crippen molar-refractivity contribution in [2.45, 2.75) is 43.9 Å². The molecule has 2 heterocycles. The lowest BCUT2D eigenvalue weighted by Gasteiger charge is -2.41. The molecule has 2 aromatic carbocycles. The van der Waals surface area contributed by atoms with E-state index in [1.165, 1.54) is 22.1 Å². The first-order valence-electron chi connectivity index (χ1n) is 12.0. The second-order valence-corrected chi connectivity index (χ2v) is 10.1. The second-order valence-electron chi connectivity index (χ2n) is 10.1. The summed E-state index contributed by atoms with van der Waals surface area (Å²) in [6, 6.07) is 16.7. The number of fused-ring (bicyclic) bond motifs is 3. The minimum absolute atomic E-state index is 0.00376. The molecule has 5 heteroatoms. The van der Waals surface area contributed by atoms with Gasteiger partial charge in [0.2, 0.25) is 11.8 Å². The number of aromatic nitrogens is 1. The van der Waals surface area contributed by atoms with Crippen LogP contribution in [0.15, 0.2) is 54.7 Å². The van der Waals surface area contributed by atoms with Gasteiger partial charge in [-0.3, -0.25) is 9.59 Å². The van der Waals surface area contributed by atoms with Gasteiger partial charge in [-0.15, -0.1) is 0 Å². The molecule has 5 nitrogen and oxygen atoms in total. The maximum absolute atomic E-state index is 13.3. The number of aromatic amines is 1. The first kappa shape index (κ1) is 21.7. The topological polar surface area (TPSA) is 56.4 Å². The van der Waals surface area contributed by atoms with Crippen LogP contribution in [0.2, 0.25) is 0 Å². The van der Waals surface area contributed by atoms with E-state index < -0.39 is 0 Å². The van der Waals surface area contributed by atoms with Crippen LogP contribution in [-0.2, 0) is 21.4 Å². The fourth-order valence-electron chi connectivity index (χ4n) is 6.08. The lowest BCUT2D eigenvalue weighted by atomic mass is 9.73. The molecule has 2 aliphatic rings. The summed E-state index contributed by atoms with van der Waals surface area (Å²) in [5.41, 5.74) is 4.83. The van der Waals surface area contributed by atoms with Crippen LogP contribution < -0.4 is 0 Å². The van der Waals surface area contributed by atoms with Crippen molar-refractivity contribution in [3.63, 3.8) is 0 Å². The molecular formula is C28H33N3O2. The highest BCUT2D eigenvalue weighted by Crippen LogP contribution is 2.52. The zero-order valence-corrected chi connectivity index (χ0v) is 19.8. The van der Waals surface area contributed by atoms with Gasteiger partial charge < -0.3 is 14.8 Å². The number of nitrogens with one attached hydrogen (secondary N) is 1. The molecular weight excluding hydrogens is 410 g/mol. The van der Waals surface area contributed by atoms with E-state index >= 15 is 0 Å². The molecule has 2 amide bonds. The first-order valence-corrected chi connectivity index (χ1v) is 12.0. The predicted molar refractivity (Wildman–Crippen MR) is 131 cm³/mol. The lowest BCUT2D eigenvalue weighted by molar-refractivity contribution is -0.137. The molecule has 0 bridgehead atoms. The van der Waals surface area contributed by atoms with Crippen LogP contribution in [0.25, 0.3) is 10.9 Å². The average Bonchev–Trinajstić information content (AvgIpc) is 3.38. The SMILES string of the molecule is C[C@H](Cc1c[nH]c2ccccc12)C(=O)N1CCC2(CC1)C[C@@H](C(=O)N(C)C)c1ccccc12. The largest absolute Gasteiger partial charge is 0.361 e. The van der Waals surface area contributed by atoms with Crippen LogP contribution in [0, 0.1) is 5.92 Å². The van der Waals surface area contributed by atoms with Crippen LogP contribution in [0.3, 0.4) is 0 Å². The lowest BCUT2D eigenvalue weighted by Crippen LogP contribution is -2.46. The van der Waals surface area contributed by atoms with E-state index in [4.69, 9.17) is 0 Å². The quantitative estimate of drug-likeness (QED) is 0.646. The maximum Gasteiger partial charge on any atom is 0.229 e. The monoisotopic (exact) mass is 443 g/mol. The van der Waals surface area contributed by atoms with Gasteiger partial charge in [-0.25, -0.2) is 0 Å². The number of benzene rings is 2. The molecule has 3 aromatic rings. The summed E-state index contributed by atoms with van der Waals surface area (Å²) in [5.74, 6) is 0.295. The highest BCUT2D eigenvalue weighted by molar-refractivity contribution is 5.86. The van der Waals surface area contributed by atoms with Crippen LogP contribution in [0.4, 0.5) is 0 Å². The second kappa shape index (κ2) is 8.36. The average molecular weight is 444 g/mol. The highest BCUT2D eigenvalue weighted by atomic mass is 16.2. The molecule has 1 fully saturated rings. The Morgan fingerprint density at radius 2 is 1.79 bits per heavy atom. The molecule has 5 rings (SSSR count). The maximum atomic E-state index is 13.3. The van der Waals surface area contributed by atoms with Gasteiger partial charge in [-0.05, 0) is 48.4 Å². The number of piperidine rings is 1. The third-order valence-corrected chi connectivity index (χ3v) is 7.90. The zero-order valence-electron chi connectivity index (χ0n) is 19.8. The first-order chi connectivity index (χ1) is 15.9. The fourth-order valence-corrected chi connectivity index (χ4v) is 6.08. The zero-order chi connectivity index (χ0) is 23.2. The van der Waals surface area contributed by atoms with Crippen molar-refractivity contribution < 1.29 is 9.59 Å². The molecule has 1 N–H and O–H groups in total. The van der Waals surface area contributed by atoms with E-state index in [2.05, 4.69) is 40.2 Å². The van der Waals surface area contributed by atoms with Crippen molar-refractivity contribution in [1.29, 1.82) is 0 Å². The molecule has 172 valence electrons. The standard InChI is InChI=1S/C28H33N3O2/c1-19(16-20-18-29-25-11-7-5-8-21(20)25)26(32)31-14-12-28(13-15-31)17-23(27(33)30(2)3)22-9-4-6-10-24(22)28/h4-11,18-19,23,29H,12-17H2,1-3H3/t19-,23-/m1/s1. The molecule has 1 aromatic heterocycles. The molecule has 1 spiro atoms.